The number of thiophene rings is 1. The molecule has 1 aromatic rings. The number of hydrogen-bond acceptors (Lipinski definition) is 4. The molecule has 2 N–H and O–H groups in total. The fourth-order valence-electron chi connectivity index (χ4n) is 1.80. The minimum Gasteiger partial charge on any atom is -0.392 e. The highest BCUT2D eigenvalue weighted by Crippen LogP contribution is 2.25. The summed E-state index contributed by atoms with van der Waals surface area (Å²) in [6.45, 7) is 2.23. The van der Waals surface area contributed by atoms with Crippen LogP contribution in [0.5, 0.6) is 0 Å². The second-order valence-corrected chi connectivity index (χ2v) is 9.22. The molecule has 0 saturated heterocycles. The van der Waals surface area contributed by atoms with Crippen LogP contribution in [0.2, 0.25) is 0 Å². The van der Waals surface area contributed by atoms with E-state index in [1.54, 1.807) is 12.1 Å². The molecule has 7 heteroatoms. The molecule has 0 aliphatic rings. The van der Waals surface area contributed by atoms with Crippen molar-refractivity contribution in [3.63, 3.8) is 0 Å². The Morgan fingerprint density at radius 3 is 2.60 bits per heavy atom. The highest BCUT2D eigenvalue weighted by atomic mass is 79.9. The summed E-state index contributed by atoms with van der Waals surface area (Å²) >= 11 is 4.39. The molecule has 0 spiro atoms. The van der Waals surface area contributed by atoms with Crippen molar-refractivity contribution in [2.24, 2.45) is 0 Å². The summed E-state index contributed by atoms with van der Waals surface area (Å²) in [5.41, 5.74) is 0. The maximum Gasteiger partial charge on any atom is 0.250 e. The molecule has 1 atom stereocenters. The van der Waals surface area contributed by atoms with Crippen LogP contribution in [0.4, 0.5) is 0 Å². The van der Waals surface area contributed by atoms with Gasteiger partial charge in [0.2, 0.25) is 10.0 Å². The largest absolute Gasteiger partial charge is 0.392 e. The normalized spacial score (nSPS) is 13.6. The molecule has 0 fully saturated rings. The van der Waals surface area contributed by atoms with Gasteiger partial charge in [0, 0.05) is 6.54 Å². The van der Waals surface area contributed by atoms with E-state index in [-0.39, 0.29) is 10.8 Å². The van der Waals surface area contributed by atoms with Gasteiger partial charge in [-0.05, 0) is 34.5 Å². The highest BCUT2D eigenvalue weighted by molar-refractivity contribution is 9.11. The lowest BCUT2D eigenvalue weighted by molar-refractivity contribution is 0.164. The first-order valence-electron chi connectivity index (χ1n) is 6.88. The molecule has 0 aliphatic heterocycles. The molecule has 0 saturated carbocycles. The molecule has 1 heterocycles. The number of aliphatic hydroxyl groups excluding tert-OH is 1. The smallest absolute Gasteiger partial charge is 0.250 e. The molecule has 20 heavy (non-hydrogen) atoms. The molecule has 0 aliphatic carbocycles. The lowest BCUT2D eigenvalue weighted by atomic mass is 10.1. The van der Waals surface area contributed by atoms with Gasteiger partial charge in [-0.1, -0.05) is 39.0 Å². The number of aliphatic hydroxyl groups is 1. The fourth-order valence-corrected chi connectivity index (χ4v) is 4.93. The van der Waals surface area contributed by atoms with Crippen LogP contribution in [0.25, 0.3) is 0 Å². The average molecular weight is 384 g/mol. The van der Waals surface area contributed by atoms with Crippen molar-refractivity contribution in [1.29, 1.82) is 0 Å². The molecule has 1 rings (SSSR count). The van der Waals surface area contributed by atoms with Crippen molar-refractivity contribution in [2.45, 2.75) is 55.8 Å². The maximum absolute atomic E-state index is 11.9. The van der Waals surface area contributed by atoms with Gasteiger partial charge in [-0.3, -0.25) is 0 Å². The number of unbranched alkanes of at least 4 members (excludes halogenated alkanes) is 4. The monoisotopic (exact) mass is 383 g/mol. The summed E-state index contributed by atoms with van der Waals surface area (Å²) in [4.78, 5) is 0. The van der Waals surface area contributed by atoms with Crippen molar-refractivity contribution >= 4 is 37.3 Å². The van der Waals surface area contributed by atoms with E-state index < -0.39 is 16.1 Å². The topological polar surface area (TPSA) is 66.4 Å². The number of nitrogens with one attached hydrogen (secondary N) is 1. The molecule has 1 aromatic heterocycles. The van der Waals surface area contributed by atoms with E-state index in [0.717, 1.165) is 28.0 Å². The number of hydrogen-bond donors (Lipinski definition) is 2. The van der Waals surface area contributed by atoms with Crippen molar-refractivity contribution in [1.82, 2.24) is 4.72 Å². The molecule has 116 valence electrons. The van der Waals surface area contributed by atoms with Crippen molar-refractivity contribution in [2.75, 3.05) is 6.54 Å². The Morgan fingerprint density at radius 1 is 1.30 bits per heavy atom. The molecule has 0 bridgehead atoms. The van der Waals surface area contributed by atoms with Crippen molar-refractivity contribution < 1.29 is 13.5 Å². The predicted molar refractivity (Wildman–Crippen MR) is 86.6 cm³/mol. The van der Waals surface area contributed by atoms with Crippen LogP contribution >= 0.6 is 27.3 Å². The highest BCUT2D eigenvalue weighted by Gasteiger charge is 2.17. The lowest BCUT2D eigenvalue weighted by Crippen LogP contribution is -2.31. The van der Waals surface area contributed by atoms with E-state index in [9.17, 15) is 13.5 Å². The molecule has 4 nitrogen and oxygen atoms in total. The number of halogens is 1. The van der Waals surface area contributed by atoms with Gasteiger partial charge < -0.3 is 5.11 Å². The molecular formula is C13H22BrNO3S2. The third-order valence-electron chi connectivity index (χ3n) is 2.96. The van der Waals surface area contributed by atoms with Gasteiger partial charge in [-0.15, -0.1) is 11.3 Å². The Kier molecular flexibility index (Phi) is 8.28. The molecule has 0 amide bonds. The summed E-state index contributed by atoms with van der Waals surface area (Å²) in [7, 11) is -3.50. The fraction of sp³-hybridized carbons (Fsp3) is 0.692. The zero-order valence-corrected chi connectivity index (χ0v) is 14.9. The van der Waals surface area contributed by atoms with Gasteiger partial charge in [0.25, 0.3) is 0 Å². The molecule has 0 aromatic carbocycles. The van der Waals surface area contributed by atoms with Crippen LogP contribution in [0, 0.1) is 0 Å². The third-order valence-corrected chi connectivity index (χ3v) is 6.50. The minimum atomic E-state index is -3.50. The number of sulfonamides is 1. The van der Waals surface area contributed by atoms with Gasteiger partial charge in [-0.2, -0.15) is 0 Å². The molecule has 0 unspecified atom stereocenters. The maximum atomic E-state index is 11.9. The summed E-state index contributed by atoms with van der Waals surface area (Å²) in [6, 6.07) is 3.25. The first-order valence-corrected chi connectivity index (χ1v) is 9.98. The van der Waals surface area contributed by atoms with Crippen LogP contribution in [0.1, 0.15) is 45.4 Å². The van der Waals surface area contributed by atoms with E-state index in [2.05, 4.69) is 27.6 Å². The first-order chi connectivity index (χ1) is 9.45. The van der Waals surface area contributed by atoms with Gasteiger partial charge in [0.1, 0.15) is 4.21 Å². The Morgan fingerprint density at radius 2 is 2.00 bits per heavy atom. The van der Waals surface area contributed by atoms with Crippen LogP contribution in [0.3, 0.4) is 0 Å². The Labute approximate surface area is 133 Å². The number of rotatable bonds is 10. The van der Waals surface area contributed by atoms with Gasteiger partial charge in [-0.25, -0.2) is 13.1 Å². The Bertz CT molecular complexity index is 488. The van der Waals surface area contributed by atoms with Crippen LogP contribution < -0.4 is 4.72 Å². The van der Waals surface area contributed by atoms with E-state index in [1.807, 2.05) is 0 Å². The van der Waals surface area contributed by atoms with Crippen LogP contribution in [-0.4, -0.2) is 26.2 Å². The summed E-state index contributed by atoms with van der Waals surface area (Å²) < 4.78 is 27.4. The lowest BCUT2D eigenvalue weighted by Gasteiger charge is -2.11. The quantitative estimate of drug-likeness (QED) is 0.607. The predicted octanol–water partition coefficient (Wildman–Crippen LogP) is 3.51. The second-order valence-electron chi connectivity index (χ2n) is 4.77. The second kappa shape index (κ2) is 9.15. The van der Waals surface area contributed by atoms with Crippen LogP contribution in [-0.2, 0) is 10.0 Å². The minimum absolute atomic E-state index is 0.0750. The summed E-state index contributed by atoms with van der Waals surface area (Å²) in [5, 5.41) is 9.79. The standard InChI is InChI=1S/C13H22BrNO3S2/c1-2-3-4-5-6-7-11(16)10-15-20(17,18)13-9-8-12(14)19-13/h8-9,11,15-16H,2-7,10H2,1H3/t11-/m1/s1. The SMILES string of the molecule is CCCCCCC[C@@H](O)CNS(=O)(=O)c1ccc(Br)s1. The van der Waals surface area contributed by atoms with Gasteiger partial charge in [0.05, 0.1) is 9.89 Å². The Hall–Kier alpha value is 0.0500. The summed E-state index contributed by atoms with van der Waals surface area (Å²) in [6.07, 6.45) is 5.64. The average Bonchev–Trinajstić information content (AvgIpc) is 2.84. The van der Waals surface area contributed by atoms with E-state index in [0.29, 0.717) is 6.42 Å². The van der Waals surface area contributed by atoms with Crippen LogP contribution in [0.15, 0.2) is 20.1 Å². The van der Waals surface area contributed by atoms with Crippen molar-refractivity contribution in [3.05, 3.63) is 15.9 Å². The van der Waals surface area contributed by atoms with Crippen molar-refractivity contribution in [3.8, 4) is 0 Å². The molecule has 0 radical (unpaired) electrons. The Balaban J connectivity index is 2.28. The summed E-state index contributed by atoms with van der Waals surface area (Å²) in [5.74, 6) is 0. The van der Waals surface area contributed by atoms with E-state index in [1.165, 1.54) is 19.3 Å². The van der Waals surface area contributed by atoms with E-state index in [4.69, 9.17) is 0 Å². The molecular weight excluding hydrogens is 362 g/mol. The van der Waals surface area contributed by atoms with E-state index >= 15 is 0 Å². The third kappa shape index (κ3) is 6.67. The first kappa shape index (κ1) is 18.1. The van der Waals surface area contributed by atoms with Gasteiger partial charge >= 0.3 is 0 Å². The zero-order chi connectivity index (χ0) is 15.0. The zero-order valence-electron chi connectivity index (χ0n) is 11.6. The van der Waals surface area contributed by atoms with Gasteiger partial charge in [0.15, 0.2) is 0 Å².